The zero-order valence-electron chi connectivity index (χ0n) is 15.2. The fourth-order valence-electron chi connectivity index (χ4n) is 2.17. The Bertz CT molecular complexity index is 768. The summed E-state index contributed by atoms with van der Waals surface area (Å²) in [4.78, 5) is 26.0. The fraction of sp³-hybridized carbons (Fsp3) is 0.278. The monoisotopic (exact) mass is 394 g/mol. The van der Waals surface area contributed by atoms with Crippen molar-refractivity contribution in [1.29, 1.82) is 0 Å². The molecule has 0 aliphatic carbocycles. The summed E-state index contributed by atoms with van der Waals surface area (Å²) in [7, 11) is 0. The van der Waals surface area contributed by atoms with Crippen LogP contribution in [-0.4, -0.2) is 25.3 Å². The van der Waals surface area contributed by atoms with Crippen LogP contribution in [0.25, 0.3) is 0 Å². The van der Waals surface area contributed by atoms with Crippen molar-refractivity contribution in [2.75, 3.05) is 29.6 Å². The van der Waals surface area contributed by atoms with Crippen LogP contribution in [0.15, 0.2) is 36.4 Å². The fourth-order valence-corrected chi connectivity index (χ4v) is 2.17. The van der Waals surface area contributed by atoms with Crippen molar-refractivity contribution in [3.05, 3.63) is 47.5 Å². The van der Waals surface area contributed by atoms with Crippen LogP contribution in [0.3, 0.4) is 0 Å². The highest BCUT2D eigenvalue weighted by Gasteiger charge is 2.11. The van der Waals surface area contributed by atoms with Crippen LogP contribution in [0.5, 0.6) is 0 Å². The Labute approximate surface area is 163 Å². The molecule has 146 valence electrons. The highest BCUT2D eigenvalue weighted by atomic mass is 35.5. The van der Waals surface area contributed by atoms with Gasteiger partial charge in [0.1, 0.15) is 5.69 Å². The van der Waals surface area contributed by atoms with E-state index in [0.29, 0.717) is 36.0 Å². The summed E-state index contributed by atoms with van der Waals surface area (Å²) in [5, 5.41) is 5.74. The van der Waals surface area contributed by atoms with Crippen molar-refractivity contribution in [1.82, 2.24) is 0 Å². The number of hydrogen-bond acceptors (Lipinski definition) is 6. The summed E-state index contributed by atoms with van der Waals surface area (Å²) in [6, 6.07) is 10.6. The van der Waals surface area contributed by atoms with Crippen molar-refractivity contribution in [2.45, 2.75) is 20.4 Å². The molecule has 27 heavy (non-hydrogen) atoms. The number of esters is 1. The lowest BCUT2D eigenvalue weighted by molar-refractivity contribution is -0.342. The molecule has 0 unspecified atom stereocenters. The van der Waals surface area contributed by atoms with Crippen LogP contribution in [0.4, 0.5) is 22.1 Å². The minimum atomic E-state index is -0.560. The van der Waals surface area contributed by atoms with Gasteiger partial charge < -0.3 is 32.9 Å². The second-order valence-corrected chi connectivity index (χ2v) is 5.32. The van der Waals surface area contributed by atoms with Gasteiger partial charge in [0, 0.05) is 6.07 Å². The van der Waals surface area contributed by atoms with Crippen molar-refractivity contribution in [2.24, 2.45) is 0 Å². The average Bonchev–Trinajstić information content (AvgIpc) is 2.63. The minimum Gasteiger partial charge on any atom is -1.00 e. The van der Waals surface area contributed by atoms with Gasteiger partial charge in [-0.1, -0.05) is 12.1 Å². The van der Waals surface area contributed by atoms with Gasteiger partial charge in [0.25, 0.3) is 0 Å². The van der Waals surface area contributed by atoms with E-state index in [1.807, 2.05) is 12.1 Å². The molecule has 9 heteroatoms. The van der Waals surface area contributed by atoms with E-state index in [1.165, 1.54) is 0 Å². The molecule has 2 aromatic rings. The first-order valence-corrected chi connectivity index (χ1v) is 8.29. The van der Waals surface area contributed by atoms with Crippen molar-refractivity contribution < 1.29 is 36.5 Å². The van der Waals surface area contributed by atoms with Crippen LogP contribution in [0, 0.1) is 0 Å². The van der Waals surface area contributed by atoms with E-state index < -0.39 is 6.09 Å². The average molecular weight is 395 g/mol. The van der Waals surface area contributed by atoms with Gasteiger partial charge in [-0.05, 0) is 37.6 Å². The van der Waals surface area contributed by atoms with E-state index in [1.54, 1.807) is 38.1 Å². The number of aromatic amines is 1. The second kappa shape index (κ2) is 10.9. The van der Waals surface area contributed by atoms with E-state index in [0.717, 1.165) is 5.56 Å². The molecule has 5 N–H and O–H groups in total. The minimum absolute atomic E-state index is 0. The maximum atomic E-state index is 11.6. The highest BCUT2D eigenvalue weighted by molar-refractivity contribution is 5.89. The van der Waals surface area contributed by atoms with Gasteiger partial charge in [0.15, 0.2) is 0 Å². The number of nitrogens with two attached hydrogens (primary N) is 1. The molecule has 0 atom stereocenters. The Hall–Kier alpha value is -3.00. The van der Waals surface area contributed by atoms with E-state index in [4.69, 9.17) is 15.2 Å². The van der Waals surface area contributed by atoms with Gasteiger partial charge in [-0.25, -0.2) is 14.6 Å². The molecule has 1 aromatic heterocycles. The Morgan fingerprint density at radius 1 is 1.04 bits per heavy atom. The normalized spacial score (nSPS) is 9.70. The van der Waals surface area contributed by atoms with Crippen molar-refractivity contribution in [3.63, 3.8) is 0 Å². The number of amides is 1. The molecule has 1 aromatic carbocycles. The third kappa shape index (κ3) is 6.67. The quantitative estimate of drug-likeness (QED) is 0.542. The van der Waals surface area contributed by atoms with Gasteiger partial charge in [-0.2, -0.15) is 0 Å². The standard InChI is InChI=1S/C18H22N4O4.ClH/c1-3-25-17(23)13-7-5-12(6-8-13)11-20-15-10-9-14(16(19)22-15)21-18(24)26-4-2;/h5-10H,3-4,11H2,1-2H3,(H,21,24)(H3,19,20,22);1H. The number of halogens is 1. The van der Waals surface area contributed by atoms with Crippen LogP contribution in [-0.2, 0) is 16.0 Å². The lowest BCUT2D eigenvalue weighted by atomic mass is 10.1. The number of nitrogen functional groups attached to an aromatic ring is 1. The lowest BCUT2D eigenvalue weighted by Crippen LogP contribution is -3.00. The topological polar surface area (TPSA) is 117 Å². The van der Waals surface area contributed by atoms with Crippen LogP contribution in [0.2, 0.25) is 0 Å². The molecule has 1 amide bonds. The number of pyridine rings is 1. The first-order valence-electron chi connectivity index (χ1n) is 8.29. The number of H-pyrrole nitrogens is 1. The SMILES string of the molecule is CCOC(=O)Nc1ccc(NCc2ccc(C(=O)OCC)cc2)[nH+]c1N.[Cl-]. The molecule has 0 saturated heterocycles. The van der Waals surface area contributed by atoms with Crippen LogP contribution < -0.4 is 33.8 Å². The molecule has 0 spiro atoms. The first kappa shape index (κ1) is 22.0. The first-order chi connectivity index (χ1) is 12.5. The molecule has 0 aliphatic rings. The molecule has 2 rings (SSSR count). The van der Waals surface area contributed by atoms with Crippen LogP contribution >= 0.6 is 0 Å². The van der Waals surface area contributed by atoms with Crippen LogP contribution in [0.1, 0.15) is 29.8 Å². The molecular formula is C18H23ClN4O4. The lowest BCUT2D eigenvalue weighted by Gasteiger charge is -2.08. The van der Waals surface area contributed by atoms with E-state index >= 15 is 0 Å². The van der Waals surface area contributed by atoms with Gasteiger partial charge >= 0.3 is 12.1 Å². The van der Waals surface area contributed by atoms with E-state index in [2.05, 4.69) is 15.6 Å². The molecule has 8 nitrogen and oxygen atoms in total. The Morgan fingerprint density at radius 2 is 1.70 bits per heavy atom. The summed E-state index contributed by atoms with van der Waals surface area (Å²) in [5.41, 5.74) is 7.84. The van der Waals surface area contributed by atoms with Gasteiger partial charge in [0.05, 0.1) is 25.3 Å². The maximum Gasteiger partial charge on any atom is 0.411 e. The summed E-state index contributed by atoms with van der Waals surface area (Å²) >= 11 is 0. The summed E-state index contributed by atoms with van der Waals surface area (Å²) in [6.07, 6.45) is -0.560. The molecule has 0 radical (unpaired) electrons. The third-order valence-corrected chi connectivity index (χ3v) is 3.44. The molecule has 0 aliphatic heterocycles. The highest BCUT2D eigenvalue weighted by Crippen LogP contribution is 2.15. The molecule has 0 bridgehead atoms. The second-order valence-electron chi connectivity index (χ2n) is 5.32. The third-order valence-electron chi connectivity index (χ3n) is 3.44. The predicted octanol–water partition coefficient (Wildman–Crippen LogP) is -0.556. The number of aromatic nitrogens is 1. The Morgan fingerprint density at radius 3 is 2.30 bits per heavy atom. The molecule has 0 fully saturated rings. The zero-order chi connectivity index (χ0) is 18.9. The number of carbonyl (C=O) groups is 2. The number of carbonyl (C=O) groups excluding carboxylic acids is 2. The molecule has 0 saturated carbocycles. The number of rotatable bonds is 7. The largest absolute Gasteiger partial charge is 1.00 e. The number of anilines is 3. The smallest absolute Gasteiger partial charge is 0.411 e. The zero-order valence-corrected chi connectivity index (χ0v) is 15.9. The summed E-state index contributed by atoms with van der Waals surface area (Å²) in [5.74, 6) is 0.657. The molecule has 1 heterocycles. The van der Waals surface area contributed by atoms with E-state index in [-0.39, 0.29) is 25.0 Å². The number of hydrogen-bond donors (Lipinski definition) is 3. The van der Waals surface area contributed by atoms with Gasteiger partial charge in [-0.3, -0.25) is 5.32 Å². The van der Waals surface area contributed by atoms with Gasteiger partial charge in [-0.15, -0.1) is 0 Å². The Kier molecular flexibility index (Phi) is 8.87. The van der Waals surface area contributed by atoms with E-state index in [9.17, 15) is 9.59 Å². The molecular weight excluding hydrogens is 372 g/mol. The maximum absolute atomic E-state index is 11.6. The van der Waals surface area contributed by atoms with Gasteiger partial charge in [0.2, 0.25) is 11.6 Å². The van der Waals surface area contributed by atoms with Crippen molar-refractivity contribution >= 4 is 29.4 Å². The number of benzene rings is 1. The number of ether oxygens (including phenoxy) is 2. The van der Waals surface area contributed by atoms with Crippen molar-refractivity contribution in [3.8, 4) is 0 Å². The Balaban J connectivity index is 0.00000364. The predicted molar refractivity (Wildman–Crippen MR) is 97.8 cm³/mol. The number of nitrogens with one attached hydrogen (secondary N) is 3. The summed E-state index contributed by atoms with van der Waals surface area (Å²) < 4.78 is 9.76. The summed E-state index contributed by atoms with van der Waals surface area (Å²) in [6.45, 7) is 4.65.